The number of carbonyl (C=O) groups is 2. The van der Waals surface area contributed by atoms with Gasteiger partial charge in [0.15, 0.2) is 9.84 Å². The third-order valence-corrected chi connectivity index (χ3v) is 4.78. The molecule has 2 rings (SSSR count). The van der Waals surface area contributed by atoms with Gasteiger partial charge in [0.25, 0.3) is 5.91 Å². The number of amides is 1. The van der Waals surface area contributed by atoms with Gasteiger partial charge >= 0.3 is 5.97 Å². The van der Waals surface area contributed by atoms with Crippen LogP contribution in [0, 0.1) is 0 Å². The number of ether oxygens (including phenoxy) is 1. The first-order valence-corrected chi connectivity index (χ1v) is 8.70. The second kappa shape index (κ2) is 5.39. The van der Waals surface area contributed by atoms with E-state index in [1.54, 1.807) is 20.9 Å². The summed E-state index contributed by atoms with van der Waals surface area (Å²) in [5.41, 5.74) is -0.261. The molecule has 1 fully saturated rings. The predicted molar refractivity (Wildman–Crippen MR) is 80.2 cm³/mol. The van der Waals surface area contributed by atoms with E-state index in [0.717, 1.165) is 6.26 Å². The van der Waals surface area contributed by atoms with E-state index in [9.17, 15) is 18.0 Å². The smallest absolute Gasteiger partial charge is 0.329 e. The maximum absolute atomic E-state index is 12.4. The summed E-state index contributed by atoms with van der Waals surface area (Å²) in [6, 6.07) is 5.03. The molecule has 0 saturated carbocycles. The van der Waals surface area contributed by atoms with Gasteiger partial charge in [0, 0.05) is 25.3 Å². The van der Waals surface area contributed by atoms with E-state index in [2.05, 4.69) is 0 Å². The lowest BCUT2D eigenvalue weighted by Crippen LogP contribution is -2.40. The van der Waals surface area contributed by atoms with Crippen molar-refractivity contribution in [3.63, 3.8) is 0 Å². The topological polar surface area (TPSA) is 80.8 Å². The minimum absolute atomic E-state index is 0.146. The lowest BCUT2D eigenvalue weighted by atomic mass is 10.0. The van der Waals surface area contributed by atoms with Crippen LogP contribution in [0.5, 0.6) is 0 Å². The molecule has 1 aliphatic rings. The quantitative estimate of drug-likeness (QED) is 0.782. The van der Waals surface area contributed by atoms with Gasteiger partial charge in [0.2, 0.25) is 0 Å². The molecule has 1 heterocycles. The number of rotatable bonds is 3. The van der Waals surface area contributed by atoms with Crippen LogP contribution in [-0.2, 0) is 19.4 Å². The van der Waals surface area contributed by atoms with Gasteiger partial charge in [-0.3, -0.25) is 4.79 Å². The molecule has 1 aliphatic heterocycles. The Morgan fingerprint density at radius 3 is 2.23 bits per heavy atom. The molecule has 6 nitrogen and oxygen atoms in total. The second-order valence-corrected chi connectivity index (χ2v) is 8.13. The zero-order valence-electron chi connectivity index (χ0n) is 13.0. The summed E-state index contributed by atoms with van der Waals surface area (Å²) in [5.74, 6) is -0.770. The lowest BCUT2D eigenvalue weighted by molar-refractivity contribution is -0.148. The van der Waals surface area contributed by atoms with Crippen LogP contribution in [0.2, 0.25) is 0 Å². The van der Waals surface area contributed by atoms with E-state index >= 15 is 0 Å². The average molecular weight is 325 g/mol. The molecule has 1 saturated heterocycles. The molecule has 0 radical (unpaired) electrons. The fraction of sp³-hybridized carbons (Fsp3) is 0.467. The molecule has 22 heavy (non-hydrogen) atoms. The van der Waals surface area contributed by atoms with E-state index in [0.29, 0.717) is 12.0 Å². The van der Waals surface area contributed by atoms with Crippen LogP contribution in [-0.4, -0.2) is 50.1 Å². The summed E-state index contributed by atoms with van der Waals surface area (Å²) in [7, 11) is -1.76. The van der Waals surface area contributed by atoms with Gasteiger partial charge in [-0.25, -0.2) is 13.2 Å². The van der Waals surface area contributed by atoms with E-state index in [-0.39, 0.29) is 10.8 Å². The average Bonchev–Trinajstić information content (AvgIpc) is 2.69. The van der Waals surface area contributed by atoms with Gasteiger partial charge in [-0.05, 0) is 38.1 Å². The Morgan fingerprint density at radius 1 is 1.27 bits per heavy atom. The van der Waals surface area contributed by atoms with Crippen molar-refractivity contribution in [2.75, 3.05) is 13.3 Å². The summed E-state index contributed by atoms with van der Waals surface area (Å²) in [6.45, 7) is 3.59. The molecule has 0 spiro atoms. The first-order valence-electron chi connectivity index (χ1n) is 6.81. The summed E-state index contributed by atoms with van der Waals surface area (Å²) in [4.78, 5) is 25.8. The zero-order chi connectivity index (χ0) is 16.7. The number of sulfone groups is 1. The van der Waals surface area contributed by atoms with Gasteiger partial charge < -0.3 is 9.64 Å². The molecule has 7 heteroatoms. The van der Waals surface area contributed by atoms with Crippen LogP contribution < -0.4 is 0 Å². The molecule has 0 bridgehead atoms. The zero-order valence-corrected chi connectivity index (χ0v) is 13.8. The molecular weight excluding hydrogens is 306 g/mol. The normalized spacial score (nSPS) is 20.5. The molecule has 1 aromatic rings. The first-order chi connectivity index (χ1) is 10.0. The monoisotopic (exact) mass is 325 g/mol. The number of cyclic esters (lactones) is 1. The Bertz CT molecular complexity index is 706. The molecule has 1 atom stereocenters. The Hall–Kier alpha value is -1.89. The molecular formula is C15H19NO5S. The standard InChI is InChI=1S/C15H19NO5S/c1-15(2)9-12(14(18)21-15)16(3)13(17)10-5-7-11(8-6-10)22(4,19)20/h5-8,12H,9H2,1-4H3. The van der Waals surface area contributed by atoms with Crippen molar-refractivity contribution in [3.8, 4) is 0 Å². The number of likely N-dealkylation sites (N-methyl/N-ethyl adjacent to an activating group) is 1. The van der Waals surface area contributed by atoms with Crippen molar-refractivity contribution >= 4 is 21.7 Å². The van der Waals surface area contributed by atoms with E-state index in [1.165, 1.54) is 29.2 Å². The number of carbonyl (C=O) groups excluding carboxylic acids is 2. The molecule has 1 unspecified atom stereocenters. The van der Waals surface area contributed by atoms with Crippen molar-refractivity contribution < 1.29 is 22.7 Å². The summed E-state index contributed by atoms with van der Waals surface area (Å²) in [6.07, 6.45) is 1.53. The van der Waals surface area contributed by atoms with Crippen molar-refractivity contribution in [2.24, 2.45) is 0 Å². The number of hydrogen-bond acceptors (Lipinski definition) is 5. The summed E-state index contributed by atoms with van der Waals surface area (Å²) < 4.78 is 28.1. The molecule has 0 N–H and O–H groups in total. The highest BCUT2D eigenvalue weighted by Crippen LogP contribution is 2.29. The fourth-order valence-electron chi connectivity index (χ4n) is 2.42. The molecule has 1 amide bonds. The van der Waals surface area contributed by atoms with Crippen molar-refractivity contribution in [2.45, 2.75) is 36.8 Å². The van der Waals surface area contributed by atoms with Crippen LogP contribution in [0.4, 0.5) is 0 Å². The van der Waals surface area contributed by atoms with Gasteiger partial charge in [0.05, 0.1) is 4.90 Å². The Morgan fingerprint density at radius 2 is 1.82 bits per heavy atom. The molecule has 0 aromatic heterocycles. The Balaban J connectivity index is 2.20. The minimum atomic E-state index is -3.30. The minimum Gasteiger partial charge on any atom is -0.458 e. The lowest BCUT2D eigenvalue weighted by Gasteiger charge is -2.22. The van der Waals surface area contributed by atoms with Crippen molar-refractivity contribution in [3.05, 3.63) is 29.8 Å². The predicted octanol–water partition coefficient (Wildman–Crippen LogP) is 1.26. The van der Waals surface area contributed by atoms with Crippen LogP contribution >= 0.6 is 0 Å². The SMILES string of the molecule is CN(C(=O)c1ccc(S(C)(=O)=O)cc1)C1CC(C)(C)OC1=O. The third-order valence-electron chi connectivity index (χ3n) is 3.65. The van der Waals surface area contributed by atoms with Gasteiger partial charge in [-0.15, -0.1) is 0 Å². The maximum atomic E-state index is 12.4. The van der Waals surface area contributed by atoms with Crippen LogP contribution in [0.3, 0.4) is 0 Å². The summed E-state index contributed by atoms with van der Waals surface area (Å²) >= 11 is 0. The van der Waals surface area contributed by atoms with E-state index in [1.807, 2.05) is 0 Å². The van der Waals surface area contributed by atoms with Crippen LogP contribution in [0.15, 0.2) is 29.2 Å². The van der Waals surface area contributed by atoms with Gasteiger partial charge in [-0.1, -0.05) is 0 Å². The Kier molecular flexibility index (Phi) is 4.04. The van der Waals surface area contributed by atoms with E-state index in [4.69, 9.17) is 4.74 Å². The second-order valence-electron chi connectivity index (χ2n) is 6.11. The molecule has 0 aliphatic carbocycles. The Labute approximate surface area is 130 Å². The number of esters is 1. The van der Waals surface area contributed by atoms with Crippen LogP contribution in [0.1, 0.15) is 30.6 Å². The molecule has 120 valence electrons. The van der Waals surface area contributed by atoms with Gasteiger partial charge in [0.1, 0.15) is 11.6 Å². The highest BCUT2D eigenvalue weighted by molar-refractivity contribution is 7.90. The highest BCUT2D eigenvalue weighted by Gasteiger charge is 2.43. The van der Waals surface area contributed by atoms with Crippen molar-refractivity contribution in [1.82, 2.24) is 4.90 Å². The molecule has 1 aromatic carbocycles. The maximum Gasteiger partial charge on any atom is 0.329 e. The third kappa shape index (κ3) is 3.30. The van der Waals surface area contributed by atoms with Crippen LogP contribution in [0.25, 0.3) is 0 Å². The van der Waals surface area contributed by atoms with E-state index < -0.39 is 27.4 Å². The number of benzene rings is 1. The first kappa shape index (κ1) is 16.5. The number of hydrogen-bond donors (Lipinski definition) is 0. The fourth-order valence-corrected chi connectivity index (χ4v) is 3.05. The number of nitrogens with zero attached hydrogens (tertiary/aromatic N) is 1. The van der Waals surface area contributed by atoms with Gasteiger partial charge in [-0.2, -0.15) is 0 Å². The highest BCUT2D eigenvalue weighted by atomic mass is 32.2. The summed E-state index contributed by atoms with van der Waals surface area (Å²) in [5, 5.41) is 0. The largest absolute Gasteiger partial charge is 0.458 e. The van der Waals surface area contributed by atoms with Crippen molar-refractivity contribution in [1.29, 1.82) is 0 Å².